The van der Waals surface area contributed by atoms with Crippen molar-refractivity contribution >= 4 is 40.7 Å². The Bertz CT molecular complexity index is 877. The quantitative estimate of drug-likeness (QED) is 0.522. The molecule has 0 unspecified atom stereocenters. The lowest BCUT2D eigenvalue weighted by molar-refractivity contribution is -0.113. The van der Waals surface area contributed by atoms with Crippen LogP contribution in [-0.2, 0) is 9.53 Å². The fourth-order valence-corrected chi connectivity index (χ4v) is 3.17. The monoisotopic (exact) mass is 375 g/mol. The zero-order valence-electron chi connectivity index (χ0n) is 13.1. The number of ether oxygens (including phenoxy) is 1. The average Bonchev–Trinajstić information content (AvgIpc) is 3.31. The van der Waals surface area contributed by atoms with Gasteiger partial charge >= 0.3 is 5.97 Å². The predicted molar refractivity (Wildman–Crippen MR) is 94.7 cm³/mol. The molecule has 1 N–H and O–H groups in total. The van der Waals surface area contributed by atoms with Gasteiger partial charge in [-0.15, -0.1) is 21.5 Å². The maximum absolute atomic E-state index is 12.1. The SMILES string of the molecule is COC(=O)c1ccccc1NC(=O)CSc1nnc(-c2cccs2)o1. The third-order valence-corrected chi connectivity index (χ3v) is 4.75. The van der Waals surface area contributed by atoms with E-state index in [1.54, 1.807) is 24.3 Å². The minimum atomic E-state index is -0.513. The van der Waals surface area contributed by atoms with Crippen LogP contribution >= 0.6 is 23.1 Å². The molecular formula is C16H13N3O4S2. The van der Waals surface area contributed by atoms with Crippen LogP contribution in [0.4, 0.5) is 5.69 Å². The van der Waals surface area contributed by atoms with Crippen LogP contribution in [-0.4, -0.2) is 34.9 Å². The third-order valence-electron chi connectivity index (χ3n) is 3.07. The Labute approximate surface area is 151 Å². The van der Waals surface area contributed by atoms with Crippen LogP contribution in [0.25, 0.3) is 10.8 Å². The number of benzene rings is 1. The molecule has 0 radical (unpaired) electrons. The van der Waals surface area contributed by atoms with Crippen LogP contribution in [0.5, 0.6) is 0 Å². The highest BCUT2D eigenvalue weighted by atomic mass is 32.2. The zero-order valence-corrected chi connectivity index (χ0v) is 14.7. The number of carbonyl (C=O) groups excluding carboxylic acids is 2. The molecule has 0 saturated carbocycles. The number of carbonyl (C=O) groups is 2. The van der Waals surface area contributed by atoms with Gasteiger partial charge in [-0.25, -0.2) is 4.79 Å². The number of para-hydroxylation sites is 1. The Balaban J connectivity index is 1.60. The summed E-state index contributed by atoms with van der Waals surface area (Å²) in [5, 5.41) is 12.8. The number of esters is 1. The van der Waals surface area contributed by atoms with Gasteiger partial charge in [-0.3, -0.25) is 4.79 Å². The fraction of sp³-hybridized carbons (Fsp3) is 0.125. The first-order valence-electron chi connectivity index (χ1n) is 7.14. The second kappa shape index (κ2) is 7.95. The highest BCUT2D eigenvalue weighted by Crippen LogP contribution is 2.26. The van der Waals surface area contributed by atoms with E-state index in [0.717, 1.165) is 16.6 Å². The van der Waals surface area contributed by atoms with Gasteiger partial charge in [-0.2, -0.15) is 0 Å². The zero-order chi connectivity index (χ0) is 17.6. The number of nitrogens with one attached hydrogen (secondary N) is 1. The highest BCUT2D eigenvalue weighted by Gasteiger charge is 2.15. The lowest BCUT2D eigenvalue weighted by Gasteiger charge is -2.08. The van der Waals surface area contributed by atoms with Gasteiger partial charge in [0.25, 0.3) is 11.1 Å². The minimum absolute atomic E-state index is 0.0710. The summed E-state index contributed by atoms with van der Waals surface area (Å²) in [4.78, 5) is 24.7. The molecule has 0 bridgehead atoms. The van der Waals surface area contributed by atoms with Crippen molar-refractivity contribution in [1.29, 1.82) is 0 Å². The van der Waals surface area contributed by atoms with Crippen molar-refractivity contribution in [3.63, 3.8) is 0 Å². The Morgan fingerprint density at radius 3 is 2.84 bits per heavy atom. The summed E-state index contributed by atoms with van der Waals surface area (Å²) in [6.07, 6.45) is 0. The van der Waals surface area contributed by atoms with E-state index in [0.29, 0.717) is 22.4 Å². The van der Waals surface area contributed by atoms with Crippen molar-refractivity contribution in [3.8, 4) is 10.8 Å². The van der Waals surface area contributed by atoms with Gasteiger partial charge in [-0.05, 0) is 23.6 Å². The standard InChI is InChI=1S/C16H13N3O4S2/c1-22-15(21)10-5-2-3-6-11(10)17-13(20)9-25-16-19-18-14(23-16)12-7-4-8-24-12/h2-8H,9H2,1H3,(H,17,20). The van der Waals surface area contributed by atoms with Gasteiger partial charge in [0.15, 0.2) is 0 Å². The number of anilines is 1. The number of methoxy groups -OCH3 is 1. The van der Waals surface area contributed by atoms with Crippen molar-refractivity contribution in [2.24, 2.45) is 0 Å². The van der Waals surface area contributed by atoms with Crippen molar-refractivity contribution < 1.29 is 18.7 Å². The molecule has 2 heterocycles. The molecule has 1 aromatic carbocycles. The number of aromatic nitrogens is 2. The summed E-state index contributed by atoms with van der Waals surface area (Å²) in [6.45, 7) is 0. The van der Waals surface area contributed by atoms with Crippen LogP contribution < -0.4 is 5.32 Å². The van der Waals surface area contributed by atoms with Crippen molar-refractivity contribution in [3.05, 3.63) is 47.3 Å². The lowest BCUT2D eigenvalue weighted by atomic mass is 10.2. The van der Waals surface area contributed by atoms with Gasteiger partial charge in [0.05, 0.1) is 29.0 Å². The number of thioether (sulfide) groups is 1. The number of amides is 1. The van der Waals surface area contributed by atoms with Gasteiger partial charge in [0.2, 0.25) is 5.91 Å². The largest absolute Gasteiger partial charge is 0.465 e. The van der Waals surface area contributed by atoms with E-state index in [9.17, 15) is 9.59 Å². The molecule has 0 spiro atoms. The normalized spacial score (nSPS) is 10.4. The van der Waals surface area contributed by atoms with Crippen LogP contribution in [0.2, 0.25) is 0 Å². The van der Waals surface area contributed by atoms with E-state index < -0.39 is 5.97 Å². The van der Waals surface area contributed by atoms with E-state index in [2.05, 4.69) is 15.5 Å². The molecule has 2 aromatic heterocycles. The number of hydrogen-bond acceptors (Lipinski definition) is 8. The van der Waals surface area contributed by atoms with Gasteiger partial charge in [0.1, 0.15) is 0 Å². The van der Waals surface area contributed by atoms with Gasteiger partial charge < -0.3 is 14.5 Å². The molecule has 0 atom stereocenters. The van der Waals surface area contributed by atoms with Crippen molar-refractivity contribution in [2.75, 3.05) is 18.2 Å². The molecule has 3 aromatic rings. The molecule has 25 heavy (non-hydrogen) atoms. The number of hydrogen-bond donors (Lipinski definition) is 1. The Morgan fingerprint density at radius 2 is 2.08 bits per heavy atom. The van der Waals surface area contributed by atoms with Crippen LogP contribution in [0.15, 0.2) is 51.4 Å². The van der Waals surface area contributed by atoms with E-state index >= 15 is 0 Å². The second-order valence-electron chi connectivity index (χ2n) is 4.72. The number of rotatable bonds is 6. The summed E-state index contributed by atoms with van der Waals surface area (Å²) in [5.41, 5.74) is 0.686. The van der Waals surface area contributed by atoms with Gasteiger partial charge in [0, 0.05) is 0 Å². The van der Waals surface area contributed by atoms with E-state index in [1.807, 2.05) is 17.5 Å². The number of thiophene rings is 1. The molecular weight excluding hydrogens is 362 g/mol. The first-order chi connectivity index (χ1) is 12.2. The average molecular weight is 375 g/mol. The van der Waals surface area contributed by atoms with E-state index in [-0.39, 0.29) is 11.7 Å². The molecule has 7 nitrogen and oxygen atoms in total. The predicted octanol–water partition coefficient (Wildman–Crippen LogP) is 3.32. The molecule has 0 aliphatic carbocycles. The van der Waals surface area contributed by atoms with Crippen LogP contribution in [0, 0.1) is 0 Å². The molecule has 0 aliphatic heterocycles. The molecule has 3 rings (SSSR count). The number of nitrogens with zero attached hydrogens (tertiary/aromatic N) is 2. The third kappa shape index (κ3) is 4.25. The molecule has 9 heteroatoms. The highest BCUT2D eigenvalue weighted by molar-refractivity contribution is 7.99. The maximum atomic E-state index is 12.1. The minimum Gasteiger partial charge on any atom is -0.465 e. The smallest absolute Gasteiger partial charge is 0.339 e. The van der Waals surface area contributed by atoms with Crippen molar-refractivity contribution in [2.45, 2.75) is 5.22 Å². The van der Waals surface area contributed by atoms with E-state index in [4.69, 9.17) is 9.15 Å². The molecule has 128 valence electrons. The second-order valence-corrected chi connectivity index (χ2v) is 6.60. The Morgan fingerprint density at radius 1 is 1.24 bits per heavy atom. The summed E-state index contributed by atoms with van der Waals surface area (Å²) in [7, 11) is 1.29. The first kappa shape index (κ1) is 17.2. The molecule has 0 aliphatic rings. The Kier molecular flexibility index (Phi) is 5.46. The maximum Gasteiger partial charge on any atom is 0.339 e. The van der Waals surface area contributed by atoms with Crippen LogP contribution in [0.1, 0.15) is 10.4 Å². The van der Waals surface area contributed by atoms with Crippen molar-refractivity contribution in [1.82, 2.24) is 10.2 Å². The van der Waals surface area contributed by atoms with E-state index in [1.165, 1.54) is 18.4 Å². The Hall–Kier alpha value is -2.65. The van der Waals surface area contributed by atoms with Gasteiger partial charge in [-0.1, -0.05) is 30.0 Å². The lowest BCUT2D eigenvalue weighted by Crippen LogP contribution is -2.17. The summed E-state index contributed by atoms with van der Waals surface area (Å²) >= 11 is 2.62. The topological polar surface area (TPSA) is 94.3 Å². The molecule has 0 saturated heterocycles. The fourth-order valence-electron chi connectivity index (χ4n) is 1.96. The summed E-state index contributed by atoms with van der Waals surface area (Å²) in [5.74, 6) is -0.311. The summed E-state index contributed by atoms with van der Waals surface area (Å²) < 4.78 is 10.2. The molecule has 0 fully saturated rings. The molecule has 1 amide bonds. The summed E-state index contributed by atoms with van der Waals surface area (Å²) in [6, 6.07) is 10.4. The first-order valence-corrected chi connectivity index (χ1v) is 9.01. The van der Waals surface area contributed by atoms with Crippen LogP contribution in [0.3, 0.4) is 0 Å².